The van der Waals surface area contributed by atoms with E-state index in [0.717, 1.165) is 25.9 Å². The molecule has 2 N–H and O–H groups in total. The number of aromatic nitrogens is 4. The molecule has 0 bridgehead atoms. The van der Waals surface area contributed by atoms with Crippen LogP contribution < -0.4 is 10.6 Å². The number of rotatable bonds is 4. The Kier molecular flexibility index (Phi) is 5.51. The van der Waals surface area contributed by atoms with Gasteiger partial charge in [0.2, 0.25) is 0 Å². The number of carbonyl (C=O) groups is 2. The third-order valence-electron chi connectivity index (χ3n) is 3.72. The number of hydrogen-bond acceptors (Lipinski definition) is 5. The Labute approximate surface area is 139 Å². The van der Waals surface area contributed by atoms with Crippen LogP contribution in [-0.4, -0.2) is 44.3 Å². The standard InChI is InChI=1S/C14H18N6O2.ClH/c1-19-8-10(6-16-19)13(21)14(22)18-11-7-17-20(9-11)12-2-4-15-5-3-12;/h6-9,12,15H,2-5H2,1H3,(H,18,22);1H. The number of amides is 1. The first kappa shape index (κ1) is 17.2. The Morgan fingerprint density at radius 2 is 1.96 bits per heavy atom. The third kappa shape index (κ3) is 3.96. The van der Waals surface area contributed by atoms with Crippen molar-refractivity contribution in [3.05, 3.63) is 30.4 Å². The molecule has 3 rings (SSSR count). The van der Waals surface area contributed by atoms with Gasteiger partial charge in [-0.3, -0.25) is 19.0 Å². The molecule has 0 radical (unpaired) electrons. The maximum atomic E-state index is 12.0. The number of Topliss-reactive ketones (excluding diaryl/α,β-unsaturated/α-hetero) is 1. The molecule has 0 unspecified atom stereocenters. The summed E-state index contributed by atoms with van der Waals surface area (Å²) in [6.07, 6.45) is 8.23. The lowest BCUT2D eigenvalue weighted by atomic mass is 10.1. The van der Waals surface area contributed by atoms with Crippen LogP contribution in [0.1, 0.15) is 29.2 Å². The van der Waals surface area contributed by atoms with Crippen LogP contribution in [0.25, 0.3) is 0 Å². The molecule has 1 aliphatic heterocycles. The highest BCUT2D eigenvalue weighted by Gasteiger charge is 2.20. The van der Waals surface area contributed by atoms with Crippen LogP contribution in [-0.2, 0) is 11.8 Å². The summed E-state index contributed by atoms with van der Waals surface area (Å²) in [6, 6.07) is 0.334. The zero-order valence-electron chi connectivity index (χ0n) is 12.7. The minimum atomic E-state index is -0.683. The molecule has 0 atom stereocenters. The van der Waals surface area contributed by atoms with Crippen molar-refractivity contribution in [2.45, 2.75) is 18.9 Å². The Bertz CT molecular complexity index is 689. The van der Waals surface area contributed by atoms with E-state index in [4.69, 9.17) is 0 Å². The van der Waals surface area contributed by atoms with Crippen LogP contribution >= 0.6 is 12.4 Å². The van der Waals surface area contributed by atoms with E-state index in [0.29, 0.717) is 11.7 Å². The molecular weight excluding hydrogens is 320 g/mol. The van der Waals surface area contributed by atoms with Gasteiger partial charge in [-0.05, 0) is 25.9 Å². The summed E-state index contributed by atoms with van der Waals surface area (Å²) in [7, 11) is 1.69. The molecule has 23 heavy (non-hydrogen) atoms. The molecule has 0 saturated carbocycles. The van der Waals surface area contributed by atoms with Crippen LogP contribution in [0.15, 0.2) is 24.8 Å². The molecule has 0 aromatic carbocycles. The predicted octanol–water partition coefficient (Wildman–Crippen LogP) is 0.784. The fourth-order valence-corrected chi connectivity index (χ4v) is 2.53. The minimum absolute atomic E-state index is 0. The lowest BCUT2D eigenvalue weighted by molar-refractivity contribution is -0.112. The highest BCUT2D eigenvalue weighted by atomic mass is 35.5. The van der Waals surface area contributed by atoms with Crippen LogP contribution in [0.2, 0.25) is 0 Å². The number of carbonyl (C=O) groups excluding carboxylic acids is 2. The first-order valence-corrected chi connectivity index (χ1v) is 7.22. The van der Waals surface area contributed by atoms with Gasteiger partial charge < -0.3 is 10.6 Å². The van der Waals surface area contributed by atoms with Gasteiger partial charge in [0, 0.05) is 19.4 Å². The number of nitrogens with zero attached hydrogens (tertiary/aromatic N) is 4. The topological polar surface area (TPSA) is 93.8 Å². The first-order valence-electron chi connectivity index (χ1n) is 7.22. The number of aryl methyl sites for hydroxylation is 1. The average molecular weight is 339 g/mol. The molecule has 2 aromatic rings. The van der Waals surface area contributed by atoms with E-state index < -0.39 is 11.7 Å². The Morgan fingerprint density at radius 1 is 1.22 bits per heavy atom. The van der Waals surface area contributed by atoms with Crippen LogP contribution in [0.5, 0.6) is 0 Å². The number of ketones is 1. The maximum absolute atomic E-state index is 12.0. The molecule has 0 aliphatic carbocycles. The van der Waals surface area contributed by atoms with E-state index in [9.17, 15) is 9.59 Å². The Balaban J connectivity index is 0.00000192. The molecule has 3 heterocycles. The zero-order chi connectivity index (χ0) is 15.5. The van der Waals surface area contributed by atoms with Gasteiger partial charge >= 0.3 is 0 Å². The molecule has 1 saturated heterocycles. The number of piperidine rings is 1. The highest BCUT2D eigenvalue weighted by Crippen LogP contribution is 2.19. The fraction of sp³-hybridized carbons (Fsp3) is 0.429. The predicted molar refractivity (Wildman–Crippen MR) is 86.8 cm³/mol. The van der Waals surface area contributed by atoms with Crippen LogP contribution in [0.3, 0.4) is 0 Å². The van der Waals surface area contributed by atoms with Gasteiger partial charge in [-0.25, -0.2) is 0 Å². The van der Waals surface area contributed by atoms with Crippen LogP contribution in [0.4, 0.5) is 5.69 Å². The molecular formula is C14H19ClN6O2. The first-order chi connectivity index (χ1) is 10.6. The summed E-state index contributed by atoms with van der Waals surface area (Å²) in [6.45, 7) is 1.93. The Morgan fingerprint density at radius 3 is 2.61 bits per heavy atom. The highest BCUT2D eigenvalue weighted by molar-refractivity contribution is 6.46. The summed E-state index contributed by atoms with van der Waals surface area (Å²) in [4.78, 5) is 23.9. The van der Waals surface area contributed by atoms with Gasteiger partial charge in [0.15, 0.2) is 0 Å². The van der Waals surface area contributed by atoms with Gasteiger partial charge in [-0.1, -0.05) is 0 Å². The maximum Gasteiger partial charge on any atom is 0.296 e. The number of nitrogens with one attached hydrogen (secondary N) is 2. The Hall–Kier alpha value is -2.19. The quantitative estimate of drug-likeness (QED) is 0.635. The average Bonchev–Trinajstić information content (AvgIpc) is 3.16. The summed E-state index contributed by atoms with van der Waals surface area (Å²) in [5.41, 5.74) is 0.798. The lowest BCUT2D eigenvalue weighted by Crippen LogP contribution is -2.29. The summed E-state index contributed by atoms with van der Waals surface area (Å²) < 4.78 is 3.33. The van der Waals surface area contributed by atoms with E-state index in [1.807, 2.05) is 4.68 Å². The van der Waals surface area contributed by atoms with Crippen molar-refractivity contribution in [1.29, 1.82) is 0 Å². The van der Waals surface area contributed by atoms with Crippen molar-refractivity contribution < 1.29 is 9.59 Å². The van der Waals surface area contributed by atoms with Crippen molar-refractivity contribution in [1.82, 2.24) is 24.9 Å². The van der Waals surface area contributed by atoms with Gasteiger partial charge in [-0.2, -0.15) is 10.2 Å². The number of anilines is 1. The van der Waals surface area contributed by atoms with E-state index in [2.05, 4.69) is 20.8 Å². The second-order valence-electron chi connectivity index (χ2n) is 5.38. The van der Waals surface area contributed by atoms with Crippen molar-refractivity contribution in [2.75, 3.05) is 18.4 Å². The smallest absolute Gasteiger partial charge is 0.296 e. The largest absolute Gasteiger partial charge is 0.317 e. The minimum Gasteiger partial charge on any atom is -0.317 e. The SMILES string of the molecule is Cl.Cn1cc(C(=O)C(=O)Nc2cnn(C3CCNCC3)c2)cn1. The van der Waals surface area contributed by atoms with E-state index in [-0.39, 0.29) is 18.0 Å². The second-order valence-corrected chi connectivity index (χ2v) is 5.38. The van der Waals surface area contributed by atoms with Gasteiger partial charge in [0.1, 0.15) is 0 Å². The lowest BCUT2D eigenvalue weighted by Gasteiger charge is -2.22. The second kappa shape index (κ2) is 7.38. The van der Waals surface area contributed by atoms with E-state index in [1.54, 1.807) is 19.4 Å². The van der Waals surface area contributed by atoms with Gasteiger partial charge in [0.05, 0.1) is 29.7 Å². The summed E-state index contributed by atoms with van der Waals surface area (Å²) in [5.74, 6) is -1.29. The zero-order valence-corrected chi connectivity index (χ0v) is 13.5. The molecule has 1 amide bonds. The number of halogens is 1. The van der Waals surface area contributed by atoms with Crippen LogP contribution in [0, 0.1) is 0 Å². The van der Waals surface area contributed by atoms with Crippen molar-refractivity contribution >= 4 is 29.8 Å². The molecule has 2 aromatic heterocycles. The van der Waals surface area contributed by atoms with E-state index in [1.165, 1.54) is 17.1 Å². The van der Waals surface area contributed by atoms with Gasteiger partial charge in [-0.15, -0.1) is 12.4 Å². The van der Waals surface area contributed by atoms with Crippen molar-refractivity contribution in [3.63, 3.8) is 0 Å². The van der Waals surface area contributed by atoms with Gasteiger partial charge in [0.25, 0.3) is 11.7 Å². The third-order valence-corrected chi connectivity index (χ3v) is 3.72. The monoisotopic (exact) mass is 338 g/mol. The molecule has 9 heteroatoms. The molecule has 8 nitrogen and oxygen atoms in total. The molecule has 124 valence electrons. The van der Waals surface area contributed by atoms with Crippen molar-refractivity contribution in [2.24, 2.45) is 7.05 Å². The normalized spacial score (nSPS) is 15.0. The fourth-order valence-electron chi connectivity index (χ4n) is 2.53. The molecule has 1 aliphatic rings. The number of hydrogen-bond donors (Lipinski definition) is 2. The summed E-state index contributed by atoms with van der Waals surface area (Å²) in [5, 5.41) is 14.0. The van der Waals surface area contributed by atoms with E-state index >= 15 is 0 Å². The summed E-state index contributed by atoms with van der Waals surface area (Å²) >= 11 is 0. The van der Waals surface area contributed by atoms with Crippen molar-refractivity contribution in [3.8, 4) is 0 Å². The molecule has 0 spiro atoms. The molecule has 1 fully saturated rings.